The third-order valence-corrected chi connectivity index (χ3v) is 4.07. The van der Waals surface area contributed by atoms with Gasteiger partial charge in [-0.2, -0.15) is 10.2 Å². The van der Waals surface area contributed by atoms with Crippen molar-refractivity contribution in [2.45, 2.75) is 6.10 Å². The Morgan fingerprint density at radius 1 is 1.14 bits per heavy atom. The third-order valence-electron chi connectivity index (χ3n) is 4.07. The standard InChI is InChI=1S/C20H17N5O4/c1-28-14-8-7-12(16-13(10-21)18(22)25-20(23)24-16)9-15(14)29-17(19(26)27)11-5-3-2-4-6-11/h2-9,17H,1H3,(H,26,27)(H4,22,23,24,25). The van der Waals surface area contributed by atoms with E-state index in [0.29, 0.717) is 16.9 Å². The number of methoxy groups -OCH3 is 1. The fraction of sp³-hybridized carbons (Fsp3) is 0.100. The highest BCUT2D eigenvalue weighted by atomic mass is 16.5. The van der Waals surface area contributed by atoms with Gasteiger partial charge in [-0.25, -0.2) is 9.78 Å². The molecule has 0 fully saturated rings. The van der Waals surface area contributed by atoms with Gasteiger partial charge in [0.15, 0.2) is 11.5 Å². The molecule has 9 heteroatoms. The molecule has 1 aromatic heterocycles. The second-order valence-corrected chi connectivity index (χ2v) is 5.91. The lowest BCUT2D eigenvalue weighted by Gasteiger charge is -2.18. The van der Waals surface area contributed by atoms with Crippen molar-refractivity contribution >= 4 is 17.7 Å². The van der Waals surface area contributed by atoms with Crippen molar-refractivity contribution in [3.63, 3.8) is 0 Å². The number of ether oxygens (including phenoxy) is 2. The number of nitrogen functional groups attached to an aromatic ring is 2. The minimum atomic E-state index is -1.27. The number of carbonyl (C=O) groups is 1. The molecule has 0 bridgehead atoms. The van der Waals surface area contributed by atoms with Crippen LogP contribution in [0.15, 0.2) is 48.5 Å². The average Bonchev–Trinajstić information content (AvgIpc) is 2.71. The van der Waals surface area contributed by atoms with E-state index in [1.807, 2.05) is 6.07 Å². The van der Waals surface area contributed by atoms with Crippen LogP contribution in [-0.2, 0) is 4.79 Å². The smallest absolute Gasteiger partial charge is 0.349 e. The predicted octanol–water partition coefficient (Wildman–Crippen LogP) is 2.39. The van der Waals surface area contributed by atoms with Crippen LogP contribution in [0, 0.1) is 11.3 Å². The molecule has 0 aliphatic heterocycles. The molecule has 1 heterocycles. The highest BCUT2D eigenvalue weighted by molar-refractivity contribution is 5.77. The topological polar surface area (TPSA) is 157 Å². The maximum absolute atomic E-state index is 11.8. The Bertz CT molecular complexity index is 1100. The maximum atomic E-state index is 11.8. The third kappa shape index (κ3) is 4.01. The average molecular weight is 391 g/mol. The molecule has 1 unspecified atom stereocenters. The summed E-state index contributed by atoms with van der Waals surface area (Å²) in [6.45, 7) is 0. The van der Waals surface area contributed by atoms with Crippen LogP contribution in [0.1, 0.15) is 17.2 Å². The number of benzene rings is 2. The number of hydrogen-bond donors (Lipinski definition) is 3. The Morgan fingerprint density at radius 3 is 2.48 bits per heavy atom. The number of nitrogens with zero attached hydrogens (tertiary/aromatic N) is 3. The van der Waals surface area contributed by atoms with Gasteiger partial charge < -0.3 is 26.0 Å². The number of carboxylic acid groups (broad SMARTS) is 1. The van der Waals surface area contributed by atoms with E-state index in [0.717, 1.165) is 0 Å². The van der Waals surface area contributed by atoms with Gasteiger partial charge in [-0.3, -0.25) is 0 Å². The molecule has 29 heavy (non-hydrogen) atoms. The van der Waals surface area contributed by atoms with Gasteiger partial charge in [0.1, 0.15) is 17.5 Å². The summed E-state index contributed by atoms with van der Waals surface area (Å²) >= 11 is 0. The van der Waals surface area contributed by atoms with Gasteiger partial charge in [-0.1, -0.05) is 30.3 Å². The molecule has 0 aliphatic carbocycles. The molecule has 2 aromatic carbocycles. The molecular weight excluding hydrogens is 374 g/mol. The van der Waals surface area contributed by atoms with Crippen LogP contribution >= 0.6 is 0 Å². The number of hydrogen-bond acceptors (Lipinski definition) is 8. The highest BCUT2D eigenvalue weighted by Gasteiger charge is 2.24. The molecule has 9 nitrogen and oxygen atoms in total. The maximum Gasteiger partial charge on any atom is 0.349 e. The first-order chi connectivity index (χ1) is 13.9. The van der Waals surface area contributed by atoms with E-state index in [-0.39, 0.29) is 28.8 Å². The van der Waals surface area contributed by atoms with Crippen LogP contribution in [0.2, 0.25) is 0 Å². The SMILES string of the molecule is COc1ccc(-c2nc(N)nc(N)c2C#N)cc1OC(C(=O)O)c1ccccc1. The summed E-state index contributed by atoms with van der Waals surface area (Å²) in [5.41, 5.74) is 12.6. The Labute approximate surface area is 166 Å². The Balaban J connectivity index is 2.09. The van der Waals surface area contributed by atoms with Crippen LogP contribution in [0.5, 0.6) is 11.5 Å². The van der Waals surface area contributed by atoms with Crippen molar-refractivity contribution in [3.05, 3.63) is 59.7 Å². The fourth-order valence-electron chi connectivity index (χ4n) is 2.75. The predicted molar refractivity (Wildman–Crippen MR) is 105 cm³/mol. The van der Waals surface area contributed by atoms with Crippen LogP contribution in [0.25, 0.3) is 11.3 Å². The highest BCUT2D eigenvalue weighted by Crippen LogP contribution is 2.36. The van der Waals surface area contributed by atoms with E-state index in [9.17, 15) is 15.2 Å². The summed E-state index contributed by atoms with van der Waals surface area (Å²) in [4.78, 5) is 19.7. The lowest BCUT2D eigenvalue weighted by molar-refractivity contribution is -0.145. The Hall–Kier alpha value is -4.32. The first kappa shape index (κ1) is 19.4. The van der Waals surface area contributed by atoms with Crippen LogP contribution < -0.4 is 20.9 Å². The molecular formula is C20H17N5O4. The molecule has 0 spiro atoms. The molecule has 1 atom stereocenters. The summed E-state index contributed by atoms with van der Waals surface area (Å²) in [7, 11) is 1.43. The first-order valence-corrected chi connectivity index (χ1v) is 8.40. The molecule has 0 saturated heterocycles. The van der Waals surface area contributed by atoms with Crippen molar-refractivity contribution in [2.75, 3.05) is 18.6 Å². The summed E-state index contributed by atoms with van der Waals surface area (Å²) < 4.78 is 11.1. The summed E-state index contributed by atoms with van der Waals surface area (Å²) in [5, 5.41) is 19.0. The van der Waals surface area contributed by atoms with E-state index in [4.69, 9.17) is 20.9 Å². The van der Waals surface area contributed by atoms with Crippen molar-refractivity contribution in [1.29, 1.82) is 5.26 Å². The number of aromatic nitrogens is 2. The molecule has 0 aliphatic rings. The van der Waals surface area contributed by atoms with Crippen molar-refractivity contribution in [1.82, 2.24) is 9.97 Å². The monoisotopic (exact) mass is 391 g/mol. The van der Waals surface area contributed by atoms with Crippen molar-refractivity contribution in [2.24, 2.45) is 0 Å². The van der Waals surface area contributed by atoms with Crippen LogP contribution in [-0.4, -0.2) is 28.2 Å². The van der Waals surface area contributed by atoms with E-state index < -0.39 is 12.1 Å². The number of anilines is 2. The van der Waals surface area contributed by atoms with Crippen LogP contribution in [0.4, 0.5) is 11.8 Å². The van der Waals surface area contributed by atoms with Gasteiger partial charge in [0.25, 0.3) is 0 Å². The Kier molecular flexibility index (Phi) is 5.46. The van der Waals surface area contributed by atoms with Gasteiger partial charge in [-0.05, 0) is 18.2 Å². The molecule has 0 saturated carbocycles. The second-order valence-electron chi connectivity index (χ2n) is 5.91. The molecule has 5 N–H and O–H groups in total. The summed E-state index contributed by atoms with van der Waals surface area (Å²) in [6.07, 6.45) is -1.27. The van der Waals surface area contributed by atoms with Gasteiger partial charge >= 0.3 is 5.97 Å². The van der Waals surface area contributed by atoms with E-state index in [1.165, 1.54) is 13.2 Å². The largest absolute Gasteiger partial charge is 0.493 e. The van der Waals surface area contributed by atoms with Gasteiger partial charge in [-0.15, -0.1) is 0 Å². The zero-order valence-corrected chi connectivity index (χ0v) is 15.4. The minimum Gasteiger partial charge on any atom is -0.493 e. The normalized spacial score (nSPS) is 11.3. The lowest BCUT2D eigenvalue weighted by atomic mass is 10.1. The minimum absolute atomic E-state index is 0.0492. The second kappa shape index (κ2) is 8.14. The zero-order chi connectivity index (χ0) is 21.0. The number of carboxylic acids is 1. The molecule has 3 rings (SSSR count). The quantitative estimate of drug-likeness (QED) is 0.573. The Morgan fingerprint density at radius 2 is 1.86 bits per heavy atom. The number of nitriles is 1. The van der Waals surface area contributed by atoms with E-state index in [1.54, 1.807) is 42.5 Å². The summed E-state index contributed by atoms with van der Waals surface area (Å²) in [5.74, 6) is -0.856. The van der Waals surface area contributed by atoms with E-state index in [2.05, 4.69) is 9.97 Å². The van der Waals surface area contributed by atoms with Gasteiger partial charge in [0.2, 0.25) is 12.1 Å². The number of nitrogens with two attached hydrogens (primary N) is 2. The molecule has 146 valence electrons. The summed E-state index contributed by atoms with van der Waals surface area (Å²) in [6, 6.07) is 15.2. The van der Waals surface area contributed by atoms with Gasteiger partial charge in [0, 0.05) is 11.1 Å². The van der Waals surface area contributed by atoms with Crippen molar-refractivity contribution in [3.8, 4) is 28.8 Å². The first-order valence-electron chi connectivity index (χ1n) is 8.40. The molecule has 3 aromatic rings. The lowest BCUT2D eigenvalue weighted by Crippen LogP contribution is -2.18. The fourth-order valence-corrected chi connectivity index (χ4v) is 2.75. The van der Waals surface area contributed by atoms with E-state index >= 15 is 0 Å². The number of aliphatic carboxylic acids is 1. The zero-order valence-electron chi connectivity index (χ0n) is 15.4. The van der Waals surface area contributed by atoms with Crippen LogP contribution in [0.3, 0.4) is 0 Å². The molecule has 0 radical (unpaired) electrons. The van der Waals surface area contributed by atoms with Gasteiger partial charge in [0.05, 0.1) is 12.8 Å². The number of rotatable bonds is 6. The molecule has 0 amide bonds. The van der Waals surface area contributed by atoms with Crippen molar-refractivity contribution < 1.29 is 19.4 Å².